The van der Waals surface area contributed by atoms with Crippen molar-refractivity contribution in [2.45, 2.75) is 64.7 Å². The number of nitrogens with one attached hydrogen (secondary N) is 1. The molecular formula is C27H32F4N2O2. The zero-order valence-electron chi connectivity index (χ0n) is 20.7. The number of nitrogens with zero attached hydrogens (tertiary/aromatic N) is 1. The van der Waals surface area contributed by atoms with Gasteiger partial charge in [0.25, 0.3) is 0 Å². The van der Waals surface area contributed by atoms with Gasteiger partial charge >= 0.3 is 6.18 Å². The molecule has 2 N–H and O–H groups in total. The third-order valence-electron chi connectivity index (χ3n) is 6.18. The molecule has 0 bridgehead atoms. The summed E-state index contributed by atoms with van der Waals surface area (Å²) >= 11 is 0. The van der Waals surface area contributed by atoms with Crippen molar-refractivity contribution >= 4 is 16.6 Å². The molecule has 8 heteroatoms. The molecule has 2 aromatic carbocycles. The first kappa shape index (κ1) is 26.7. The number of aliphatic hydroxyl groups is 1. The van der Waals surface area contributed by atoms with Crippen molar-refractivity contribution in [3.8, 4) is 5.75 Å². The molecule has 0 saturated carbocycles. The highest BCUT2D eigenvalue weighted by Crippen LogP contribution is 2.46. The van der Waals surface area contributed by atoms with Crippen LogP contribution in [0.25, 0.3) is 10.9 Å². The Morgan fingerprint density at radius 1 is 1.09 bits per heavy atom. The van der Waals surface area contributed by atoms with Crippen LogP contribution in [0.1, 0.15) is 50.9 Å². The summed E-state index contributed by atoms with van der Waals surface area (Å²) in [4.78, 5) is 4.40. The predicted octanol–water partition coefficient (Wildman–Crippen LogP) is 6.72. The average Bonchev–Trinajstić information content (AvgIpc) is 3.25. The molecule has 3 aromatic rings. The van der Waals surface area contributed by atoms with Gasteiger partial charge in [-0.25, -0.2) is 4.39 Å². The maximum absolute atomic E-state index is 14.2. The molecule has 0 unspecified atom stereocenters. The highest BCUT2D eigenvalue weighted by atomic mass is 19.4. The Kier molecular flexibility index (Phi) is 7.65. The monoisotopic (exact) mass is 492 g/mol. The molecule has 0 spiro atoms. The van der Waals surface area contributed by atoms with Gasteiger partial charge in [0, 0.05) is 34.3 Å². The lowest BCUT2D eigenvalue weighted by Crippen LogP contribution is -2.53. The summed E-state index contributed by atoms with van der Waals surface area (Å²) in [7, 11) is 0. The first-order valence-corrected chi connectivity index (χ1v) is 11.7. The Labute approximate surface area is 203 Å². The van der Waals surface area contributed by atoms with E-state index in [1.165, 1.54) is 12.1 Å². The van der Waals surface area contributed by atoms with E-state index in [2.05, 4.69) is 10.3 Å². The molecule has 0 fully saturated rings. The van der Waals surface area contributed by atoms with Gasteiger partial charge in [-0.15, -0.1) is 0 Å². The average molecular weight is 493 g/mol. The zero-order chi connectivity index (χ0) is 26.0. The zero-order valence-corrected chi connectivity index (χ0v) is 20.7. The van der Waals surface area contributed by atoms with Crippen LogP contribution in [0.15, 0.2) is 42.5 Å². The minimum atomic E-state index is -4.92. The quantitative estimate of drug-likeness (QED) is 0.375. The predicted molar refractivity (Wildman–Crippen MR) is 131 cm³/mol. The maximum Gasteiger partial charge on any atom is 0.418 e. The van der Waals surface area contributed by atoms with Crippen molar-refractivity contribution in [2.24, 2.45) is 0 Å². The summed E-state index contributed by atoms with van der Waals surface area (Å²) in [6.07, 6.45) is -5.11. The van der Waals surface area contributed by atoms with Crippen LogP contribution in [0.4, 0.5) is 23.2 Å². The van der Waals surface area contributed by atoms with Crippen molar-refractivity contribution < 1.29 is 27.4 Å². The van der Waals surface area contributed by atoms with E-state index in [-0.39, 0.29) is 0 Å². The van der Waals surface area contributed by atoms with Crippen molar-refractivity contribution in [1.82, 2.24) is 4.98 Å². The van der Waals surface area contributed by atoms with Crippen LogP contribution in [-0.4, -0.2) is 35.0 Å². The standard InChI is InChI=1S/C25H26F4N2O2.C2H6/c1-15-7-8-18-20(5-4-6-21(18)31-15)30-14-24(32,25(27,28)29)13-23(2,3)19-12-17(26)11-16-9-10-33-22(16)19;1-2/h4-8,11-12,30,32H,9-10,13-14H2,1-3H3;1-2H3/t24-;/m1./s1. The molecule has 190 valence electrons. The smallest absolute Gasteiger partial charge is 0.418 e. The molecule has 0 saturated heterocycles. The van der Waals surface area contributed by atoms with Gasteiger partial charge in [-0.3, -0.25) is 4.98 Å². The highest BCUT2D eigenvalue weighted by molar-refractivity contribution is 5.91. The lowest BCUT2D eigenvalue weighted by molar-refractivity contribution is -0.260. The van der Waals surface area contributed by atoms with Gasteiger partial charge < -0.3 is 15.2 Å². The fraction of sp³-hybridized carbons (Fsp3) is 0.444. The van der Waals surface area contributed by atoms with E-state index in [4.69, 9.17) is 4.74 Å². The number of ether oxygens (including phenoxy) is 1. The molecule has 4 rings (SSSR count). The fourth-order valence-electron chi connectivity index (χ4n) is 4.51. The minimum absolute atomic E-state index is 0.322. The van der Waals surface area contributed by atoms with E-state index >= 15 is 0 Å². The number of benzene rings is 2. The van der Waals surface area contributed by atoms with Crippen LogP contribution in [0.5, 0.6) is 5.75 Å². The van der Waals surface area contributed by atoms with Crippen LogP contribution >= 0.6 is 0 Å². The van der Waals surface area contributed by atoms with E-state index in [0.717, 1.165) is 5.69 Å². The summed E-state index contributed by atoms with van der Waals surface area (Å²) in [6.45, 7) is 8.53. The lowest BCUT2D eigenvalue weighted by atomic mass is 9.74. The Hall–Kier alpha value is -2.87. The normalized spacial score (nSPS) is 15.0. The van der Waals surface area contributed by atoms with Crippen LogP contribution in [0.3, 0.4) is 0 Å². The van der Waals surface area contributed by atoms with Gasteiger partial charge in [0.2, 0.25) is 0 Å². The summed E-state index contributed by atoms with van der Waals surface area (Å²) in [6, 6.07) is 11.2. The van der Waals surface area contributed by atoms with E-state index in [1.54, 1.807) is 44.2 Å². The number of rotatable bonds is 6. The first-order chi connectivity index (χ1) is 16.4. The number of pyridine rings is 1. The number of hydrogen-bond donors (Lipinski definition) is 2. The van der Waals surface area contributed by atoms with E-state index in [0.29, 0.717) is 46.5 Å². The molecule has 2 heterocycles. The Balaban J connectivity index is 0.00000167. The highest BCUT2D eigenvalue weighted by Gasteiger charge is 2.56. The molecule has 0 aliphatic carbocycles. The van der Waals surface area contributed by atoms with Crippen LogP contribution in [0.2, 0.25) is 0 Å². The molecule has 4 nitrogen and oxygen atoms in total. The number of aryl methyl sites for hydroxylation is 1. The van der Waals surface area contributed by atoms with Gasteiger partial charge in [0.05, 0.1) is 18.7 Å². The topological polar surface area (TPSA) is 54.4 Å². The Morgan fingerprint density at radius 3 is 2.49 bits per heavy atom. The SMILES string of the molecule is CC.Cc1ccc2c(NC[C@](O)(CC(C)(C)c3cc(F)cc4c3OCC4)C(F)(F)F)cccc2n1. The van der Waals surface area contributed by atoms with E-state index in [1.807, 2.05) is 20.8 Å². The molecule has 0 radical (unpaired) electrons. The third-order valence-corrected chi connectivity index (χ3v) is 6.18. The van der Waals surface area contributed by atoms with Gasteiger partial charge in [-0.2, -0.15) is 13.2 Å². The minimum Gasteiger partial charge on any atom is -0.493 e. The number of aromatic nitrogens is 1. The summed E-state index contributed by atoms with van der Waals surface area (Å²) in [5.74, 6) is -0.121. The van der Waals surface area contributed by atoms with E-state index < -0.39 is 36.0 Å². The number of fused-ring (bicyclic) bond motifs is 2. The van der Waals surface area contributed by atoms with E-state index in [9.17, 15) is 22.7 Å². The molecule has 1 atom stereocenters. The number of anilines is 1. The molecule has 35 heavy (non-hydrogen) atoms. The maximum atomic E-state index is 14.2. The lowest BCUT2D eigenvalue weighted by Gasteiger charge is -2.38. The molecule has 1 aliphatic rings. The summed E-state index contributed by atoms with van der Waals surface area (Å²) < 4.78 is 62.3. The van der Waals surface area contributed by atoms with Crippen molar-refractivity contribution in [1.29, 1.82) is 0 Å². The van der Waals surface area contributed by atoms with Gasteiger partial charge in [-0.05, 0) is 55.2 Å². The van der Waals surface area contributed by atoms with Crippen LogP contribution < -0.4 is 10.1 Å². The largest absolute Gasteiger partial charge is 0.493 e. The fourth-order valence-corrected chi connectivity index (χ4v) is 4.51. The third kappa shape index (κ3) is 5.53. The number of hydrogen-bond acceptors (Lipinski definition) is 4. The summed E-state index contributed by atoms with van der Waals surface area (Å²) in [5.41, 5.74) is -1.47. The second kappa shape index (κ2) is 10.0. The van der Waals surface area contributed by atoms with Gasteiger partial charge in [0.15, 0.2) is 5.60 Å². The van der Waals surface area contributed by atoms with Crippen molar-refractivity contribution in [3.05, 3.63) is 65.1 Å². The molecule has 0 amide bonds. The second-order valence-electron chi connectivity index (χ2n) is 9.31. The van der Waals surface area contributed by atoms with Crippen LogP contribution in [-0.2, 0) is 11.8 Å². The second-order valence-corrected chi connectivity index (χ2v) is 9.31. The first-order valence-electron chi connectivity index (χ1n) is 11.7. The van der Waals surface area contributed by atoms with Gasteiger partial charge in [0.1, 0.15) is 11.6 Å². The van der Waals surface area contributed by atoms with Crippen LogP contribution in [0, 0.1) is 12.7 Å². The molecule has 1 aliphatic heterocycles. The number of alkyl halides is 3. The summed E-state index contributed by atoms with van der Waals surface area (Å²) in [5, 5.41) is 14.3. The molecule has 1 aromatic heterocycles. The van der Waals surface area contributed by atoms with Gasteiger partial charge in [-0.1, -0.05) is 33.8 Å². The Morgan fingerprint density at radius 2 is 1.80 bits per heavy atom. The number of halogens is 4. The van der Waals surface area contributed by atoms with Crippen molar-refractivity contribution in [2.75, 3.05) is 18.5 Å². The molecular weight excluding hydrogens is 460 g/mol. The Bertz CT molecular complexity index is 1190. The van der Waals surface area contributed by atoms with Crippen molar-refractivity contribution in [3.63, 3.8) is 0 Å².